The number of benzene rings is 2. The fourth-order valence-electron chi connectivity index (χ4n) is 2.67. The molecule has 0 aliphatic carbocycles. The SMILES string of the molecule is C[C@@H](C(=O)NCCSCc1c(F)cccc1Cl)N(c1ccc(F)c(F)c1)S(C)(=O)=O. The zero-order valence-electron chi connectivity index (χ0n) is 16.2. The van der Waals surface area contributed by atoms with Gasteiger partial charge in [-0.2, -0.15) is 11.8 Å². The van der Waals surface area contributed by atoms with E-state index in [1.54, 1.807) is 6.07 Å². The Morgan fingerprint density at radius 1 is 1.17 bits per heavy atom. The highest BCUT2D eigenvalue weighted by molar-refractivity contribution is 7.98. The van der Waals surface area contributed by atoms with Crippen LogP contribution in [0.1, 0.15) is 12.5 Å². The van der Waals surface area contributed by atoms with E-state index in [1.165, 1.54) is 30.8 Å². The highest BCUT2D eigenvalue weighted by atomic mass is 35.5. The molecule has 0 aromatic heterocycles. The highest BCUT2D eigenvalue weighted by Crippen LogP contribution is 2.24. The lowest BCUT2D eigenvalue weighted by Gasteiger charge is -2.28. The van der Waals surface area contributed by atoms with Crippen molar-refractivity contribution in [3.63, 3.8) is 0 Å². The van der Waals surface area contributed by atoms with Gasteiger partial charge in [0, 0.05) is 34.7 Å². The first-order chi connectivity index (χ1) is 14.0. The molecule has 0 spiro atoms. The van der Waals surface area contributed by atoms with Crippen molar-refractivity contribution in [3.8, 4) is 0 Å². The van der Waals surface area contributed by atoms with Gasteiger partial charge in [0.2, 0.25) is 15.9 Å². The van der Waals surface area contributed by atoms with Crippen LogP contribution in [-0.4, -0.2) is 38.9 Å². The minimum atomic E-state index is -3.95. The van der Waals surface area contributed by atoms with Crippen LogP contribution in [0.2, 0.25) is 5.02 Å². The molecule has 0 radical (unpaired) electrons. The average molecular weight is 481 g/mol. The van der Waals surface area contributed by atoms with Crippen molar-refractivity contribution in [1.82, 2.24) is 5.32 Å². The Bertz CT molecular complexity index is 1000. The predicted octanol–water partition coefficient (Wildman–Crippen LogP) is 3.96. The van der Waals surface area contributed by atoms with Gasteiger partial charge < -0.3 is 5.32 Å². The maximum atomic E-state index is 13.7. The van der Waals surface area contributed by atoms with E-state index in [-0.39, 0.29) is 12.2 Å². The number of carbonyl (C=O) groups is 1. The Morgan fingerprint density at radius 3 is 2.47 bits per heavy atom. The topological polar surface area (TPSA) is 66.5 Å². The van der Waals surface area contributed by atoms with Crippen molar-refractivity contribution in [2.75, 3.05) is 22.9 Å². The number of thioether (sulfide) groups is 1. The van der Waals surface area contributed by atoms with Gasteiger partial charge in [0.15, 0.2) is 11.6 Å². The Hall–Kier alpha value is -1.91. The molecule has 0 saturated heterocycles. The zero-order valence-corrected chi connectivity index (χ0v) is 18.6. The summed E-state index contributed by atoms with van der Waals surface area (Å²) in [5.41, 5.74) is 0.202. The molecule has 30 heavy (non-hydrogen) atoms. The number of carbonyl (C=O) groups excluding carboxylic acids is 1. The first kappa shape index (κ1) is 24.4. The lowest BCUT2D eigenvalue weighted by molar-refractivity contribution is -0.121. The molecule has 2 rings (SSSR count). The monoisotopic (exact) mass is 480 g/mol. The van der Waals surface area contributed by atoms with Crippen LogP contribution in [0.25, 0.3) is 0 Å². The van der Waals surface area contributed by atoms with E-state index < -0.39 is 39.4 Å². The maximum Gasteiger partial charge on any atom is 0.243 e. The number of nitrogens with one attached hydrogen (secondary N) is 1. The normalized spacial score (nSPS) is 12.5. The maximum absolute atomic E-state index is 13.7. The number of hydrogen-bond donors (Lipinski definition) is 1. The van der Waals surface area contributed by atoms with Crippen LogP contribution >= 0.6 is 23.4 Å². The summed E-state index contributed by atoms with van der Waals surface area (Å²) < 4.78 is 65.5. The largest absolute Gasteiger partial charge is 0.353 e. The number of anilines is 1. The fraction of sp³-hybridized carbons (Fsp3) is 0.316. The van der Waals surface area contributed by atoms with Crippen LogP contribution in [0.5, 0.6) is 0 Å². The molecule has 5 nitrogen and oxygen atoms in total. The lowest BCUT2D eigenvalue weighted by atomic mass is 10.2. The van der Waals surface area contributed by atoms with Crippen molar-refractivity contribution in [3.05, 3.63) is 64.4 Å². The van der Waals surface area contributed by atoms with E-state index in [0.717, 1.165) is 22.7 Å². The number of amides is 1. The number of nitrogens with zero attached hydrogens (tertiary/aromatic N) is 1. The third kappa shape index (κ3) is 6.29. The van der Waals surface area contributed by atoms with E-state index in [9.17, 15) is 26.4 Å². The summed E-state index contributed by atoms with van der Waals surface area (Å²) in [4.78, 5) is 12.4. The second kappa shape index (κ2) is 10.4. The van der Waals surface area contributed by atoms with Gasteiger partial charge >= 0.3 is 0 Å². The summed E-state index contributed by atoms with van der Waals surface area (Å²) in [6, 6.07) is 5.79. The standard InChI is InChI=1S/C19H20ClF3N2O3S2/c1-12(25(30(2,27)28)13-6-7-17(22)18(23)10-13)19(26)24-8-9-29-11-14-15(20)4-3-5-16(14)21/h3-7,10,12H,8-9,11H2,1-2H3,(H,24,26)/t12-/m0/s1. The smallest absolute Gasteiger partial charge is 0.243 e. The zero-order chi connectivity index (χ0) is 22.5. The van der Waals surface area contributed by atoms with Crippen molar-refractivity contribution < 1.29 is 26.4 Å². The lowest BCUT2D eigenvalue weighted by Crippen LogP contribution is -2.48. The molecular formula is C19H20ClF3N2O3S2. The van der Waals surface area contributed by atoms with Crippen molar-refractivity contribution in [2.45, 2.75) is 18.7 Å². The van der Waals surface area contributed by atoms with E-state index in [4.69, 9.17) is 11.6 Å². The summed E-state index contributed by atoms with van der Waals surface area (Å²) in [7, 11) is -3.95. The minimum absolute atomic E-state index is 0.164. The Morgan fingerprint density at radius 2 is 1.87 bits per heavy atom. The Balaban J connectivity index is 1.96. The van der Waals surface area contributed by atoms with Crippen molar-refractivity contribution in [2.24, 2.45) is 0 Å². The van der Waals surface area contributed by atoms with Gasteiger partial charge in [-0.25, -0.2) is 21.6 Å². The van der Waals surface area contributed by atoms with Crippen molar-refractivity contribution in [1.29, 1.82) is 0 Å². The molecule has 11 heteroatoms. The second-order valence-corrected chi connectivity index (χ2v) is 9.75. The molecule has 0 fully saturated rings. The van der Waals surface area contributed by atoms with Gasteiger partial charge in [-0.15, -0.1) is 0 Å². The summed E-state index contributed by atoms with van der Waals surface area (Å²) in [5.74, 6) is -2.65. The number of halogens is 4. The summed E-state index contributed by atoms with van der Waals surface area (Å²) in [6.07, 6.45) is 0.867. The van der Waals surface area contributed by atoms with Crippen LogP contribution in [0.4, 0.5) is 18.9 Å². The van der Waals surface area contributed by atoms with Crippen LogP contribution in [0, 0.1) is 17.5 Å². The van der Waals surface area contributed by atoms with Crippen LogP contribution in [0.15, 0.2) is 36.4 Å². The molecule has 0 heterocycles. The van der Waals surface area contributed by atoms with E-state index in [2.05, 4.69) is 5.32 Å². The number of hydrogen-bond acceptors (Lipinski definition) is 4. The second-order valence-electron chi connectivity index (χ2n) is 6.38. The van der Waals surface area contributed by atoms with Gasteiger partial charge in [-0.1, -0.05) is 17.7 Å². The quantitative estimate of drug-likeness (QED) is 0.552. The third-order valence-corrected chi connectivity index (χ3v) is 6.68. The molecule has 2 aromatic carbocycles. The molecular weight excluding hydrogens is 461 g/mol. The van der Waals surface area contributed by atoms with Gasteiger partial charge in [0.25, 0.3) is 0 Å². The van der Waals surface area contributed by atoms with Crippen LogP contribution in [0.3, 0.4) is 0 Å². The molecule has 0 saturated carbocycles. The number of sulfonamides is 1. The molecule has 1 N–H and O–H groups in total. The van der Waals surface area contributed by atoms with Gasteiger partial charge in [-0.3, -0.25) is 9.10 Å². The predicted molar refractivity (Wildman–Crippen MR) is 114 cm³/mol. The summed E-state index contributed by atoms with van der Waals surface area (Å²) in [5, 5.41) is 2.90. The molecule has 164 valence electrons. The van der Waals surface area contributed by atoms with E-state index in [1.807, 2.05) is 0 Å². The van der Waals surface area contributed by atoms with Crippen LogP contribution < -0.4 is 9.62 Å². The minimum Gasteiger partial charge on any atom is -0.353 e. The van der Waals surface area contributed by atoms with E-state index in [0.29, 0.717) is 28.2 Å². The molecule has 0 aliphatic heterocycles. The summed E-state index contributed by atoms with van der Waals surface area (Å²) in [6.45, 7) is 1.53. The molecule has 0 aliphatic rings. The molecule has 2 aromatic rings. The first-order valence-corrected chi connectivity index (χ1v) is 12.1. The third-order valence-electron chi connectivity index (χ3n) is 4.10. The van der Waals surface area contributed by atoms with Crippen LogP contribution in [-0.2, 0) is 20.6 Å². The fourth-order valence-corrected chi connectivity index (χ4v) is 5.03. The van der Waals surface area contributed by atoms with Gasteiger partial charge in [0.05, 0.1) is 11.9 Å². The molecule has 1 amide bonds. The van der Waals surface area contributed by atoms with Crippen molar-refractivity contribution >= 4 is 45.0 Å². The molecule has 0 unspecified atom stereocenters. The van der Waals surface area contributed by atoms with Gasteiger partial charge in [-0.05, 0) is 31.2 Å². The first-order valence-electron chi connectivity index (χ1n) is 8.75. The highest BCUT2D eigenvalue weighted by Gasteiger charge is 2.29. The Labute approximate surface area is 182 Å². The Kier molecular flexibility index (Phi) is 8.45. The molecule has 0 bridgehead atoms. The summed E-state index contributed by atoms with van der Waals surface area (Å²) >= 11 is 7.30. The van der Waals surface area contributed by atoms with Gasteiger partial charge in [0.1, 0.15) is 11.9 Å². The number of rotatable bonds is 9. The average Bonchev–Trinajstić information content (AvgIpc) is 2.65. The molecule has 1 atom stereocenters. The van der Waals surface area contributed by atoms with E-state index >= 15 is 0 Å².